The number of carbonyl (C=O) groups excluding carboxylic acids is 1. The molecule has 0 unspecified atom stereocenters. The maximum atomic E-state index is 12.6. The van der Waals surface area contributed by atoms with E-state index < -0.39 is 0 Å². The number of rotatable bonds is 6. The number of hydrogen-bond donors (Lipinski definition) is 2. The van der Waals surface area contributed by atoms with E-state index in [-0.39, 0.29) is 36.4 Å². The van der Waals surface area contributed by atoms with Gasteiger partial charge >= 0.3 is 0 Å². The molecule has 0 saturated heterocycles. The van der Waals surface area contributed by atoms with Gasteiger partial charge in [-0.2, -0.15) is 0 Å². The van der Waals surface area contributed by atoms with E-state index in [9.17, 15) is 4.79 Å². The van der Waals surface area contributed by atoms with Crippen LogP contribution in [0.5, 0.6) is 5.75 Å². The van der Waals surface area contributed by atoms with Crippen LogP contribution in [0.2, 0.25) is 0 Å². The van der Waals surface area contributed by atoms with Gasteiger partial charge in [-0.15, -0.1) is 24.0 Å². The number of amides is 1. The van der Waals surface area contributed by atoms with Crippen molar-refractivity contribution >= 4 is 35.8 Å². The van der Waals surface area contributed by atoms with Gasteiger partial charge in [-0.1, -0.05) is 42.0 Å². The van der Waals surface area contributed by atoms with Crippen molar-refractivity contribution in [1.82, 2.24) is 15.5 Å². The van der Waals surface area contributed by atoms with Crippen LogP contribution in [0, 0.1) is 6.92 Å². The fraction of sp³-hybridized carbons (Fsp3) is 0.391. The van der Waals surface area contributed by atoms with Crippen LogP contribution in [0.4, 0.5) is 0 Å². The maximum Gasteiger partial charge on any atom is 0.242 e. The van der Waals surface area contributed by atoms with E-state index in [0.29, 0.717) is 19.0 Å². The number of fused-ring (bicyclic) bond motifs is 1. The summed E-state index contributed by atoms with van der Waals surface area (Å²) >= 11 is 0. The molecule has 1 aliphatic heterocycles. The molecular weight excluding hydrogens is 491 g/mol. The fourth-order valence-corrected chi connectivity index (χ4v) is 3.62. The van der Waals surface area contributed by atoms with E-state index in [1.807, 2.05) is 23.1 Å². The lowest BCUT2D eigenvalue weighted by molar-refractivity contribution is -0.130. The van der Waals surface area contributed by atoms with E-state index in [1.54, 1.807) is 14.2 Å². The summed E-state index contributed by atoms with van der Waals surface area (Å²) in [6, 6.07) is 14.5. The molecule has 0 fully saturated rings. The molecule has 6 nitrogen and oxygen atoms in total. The molecule has 1 heterocycles. The first-order valence-corrected chi connectivity index (χ1v) is 10.0. The van der Waals surface area contributed by atoms with Gasteiger partial charge in [0.25, 0.3) is 0 Å². The van der Waals surface area contributed by atoms with Crippen LogP contribution in [0.3, 0.4) is 0 Å². The molecule has 3 rings (SSSR count). The molecule has 1 aliphatic rings. The molecule has 2 N–H and O–H groups in total. The third kappa shape index (κ3) is 6.35. The molecule has 30 heavy (non-hydrogen) atoms. The molecule has 0 radical (unpaired) electrons. The Morgan fingerprint density at radius 3 is 2.67 bits per heavy atom. The average Bonchev–Trinajstić information content (AvgIpc) is 2.75. The lowest BCUT2D eigenvalue weighted by Crippen LogP contribution is -2.46. The lowest BCUT2D eigenvalue weighted by Gasteiger charge is -2.29. The first-order valence-electron chi connectivity index (χ1n) is 10.0. The number of hydrogen-bond acceptors (Lipinski definition) is 3. The minimum absolute atomic E-state index is 0. The summed E-state index contributed by atoms with van der Waals surface area (Å²) in [4.78, 5) is 18.7. The Kier molecular flexibility index (Phi) is 9.42. The second-order valence-corrected chi connectivity index (χ2v) is 7.25. The van der Waals surface area contributed by atoms with Crippen molar-refractivity contribution in [2.75, 3.05) is 33.8 Å². The Morgan fingerprint density at radius 1 is 1.17 bits per heavy atom. The van der Waals surface area contributed by atoms with E-state index in [4.69, 9.17) is 4.74 Å². The van der Waals surface area contributed by atoms with Gasteiger partial charge in [0.2, 0.25) is 5.91 Å². The maximum absolute atomic E-state index is 12.6. The highest BCUT2D eigenvalue weighted by Gasteiger charge is 2.20. The van der Waals surface area contributed by atoms with Crippen molar-refractivity contribution in [3.05, 3.63) is 64.7 Å². The largest absolute Gasteiger partial charge is 0.496 e. The van der Waals surface area contributed by atoms with Crippen molar-refractivity contribution in [2.24, 2.45) is 4.99 Å². The van der Waals surface area contributed by atoms with Crippen LogP contribution in [-0.2, 0) is 24.2 Å². The molecule has 0 bridgehead atoms. The van der Waals surface area contributed by atoms with Crippen molar-refractivity contribution < 1.29 is 9.53 Å². The van der Waals surface area contributed by atoms with Gasteiger partial charge in [-0.05, 0) is 42.5 Å². The second-order valence-electron chi connectivity index (χ2n) is 7.25. The lowest BCUT2D eigenvalue weighted by atomic mass is 10.00. The molecular formula is C23H31IN4O2. The quantitative estimate of drug-likeness (QED) is 0.348. The van der Waals surface area contributed by atoms with Gasteiger partial charge in [0.15, 0.2) is 5.96 Å². The smallest absolute Gasteiger partial charge is 0.242 e. The van der Waals surface area contributed by atoms with Gasteiger partial charge in [-0.3, -0.25) is 9.79 Å². The highest BCUT2D eigenvalue weighted by molar-refractivity contribution is 14.0. The second kappa shape index (κ2) is 11.8. The number of benzene rings is 2. The van der Waals surface area contributed by atoms with Crippen molar-refractivity contribution in [1.29, 1.82) is 0 Å². The van der Waals surface area contributed by atoms with E-state index >= 15 is 0 Å². The molecule has 2 aromatic carbocycles. The molecule has 2 aromatic rings. The van der Waals surface area contributed by atoms with Crippen LogP contribution in [0.15, 0.2) is 47.5 Å². The van der Waals surface area contributed by atoms with Crippen LogP contribution >= 0.6 is 24.0 Å². The minimum Gasteiger partial charge on any atom is -0.496 e. The summed E-state index contributed by atoms with van der Waals surface area (Å²) in [7, 11) is 3.40. The predicted molar refractivity (Wildman–Crippen MR) is 132 cm³/mol. The number of guanidine groups is 1. The third-order valence-electron chi connectivity index (χ3n) is 5.24. The standard InChI is InChI=1S/C23H30N4O2.HI/c1-17-8-9-21(29-3)19(14-17)10-12-25-23(24-2)26-15-22(28)27-13-11-18-6-4-5-7-20(18)16-27;/h4-9,14H,10-13,15-16H2,1-3H3,(H2,24,25,26);1H. The zero-order valence-electron chi connectivity index (χ0n) is 17.9. The summed E-state index contributed by atoms with van der Waals surface area (Å²) in [5.41, 5.74) is 4.94. The first kappa shape index (κ1) is 24.0. The number of aliphatic imine (C=N–C) groups is 1. The number of carbonyl (C=O) groups is 1. The minimum atomic E-state index is 0. The van der Waals surface area contributed by atoms with Crippen LogP contribution < -0.4 is 15.4 Å². The van der Waals surface area contributed by atoms with E-state index in [0.717, 1.165) is 30.7 Å². The fourth-order valence-electron chi connectivity index (χ4n) is 3.62. The Balaban J connectivity index is 0.00000320. The number of halogens is 1. The third-order valence-corrected chi connectivity index (χ3v) is 5.24. The normalized spacial score (nSPS) is 13.2. The van der Waals surface area contributed by atoms with Crippen molar-refractivity contribution in [2.45, 2.75) is 26.3 Å². The van der Waals surface area contributed by atoms with Gasteiger partial charge in [0.1, 0.15) is 5.75 Å². The Bertz CT molecular complexity index is 885. The molecule has 1 amide bonds. The van der Waals surface area contributed by atoms with E-state index in [1.165, 1.54) is 16.7 Å². The molecule has 0 saturated carbocycles. The van der Waals surface area contributed by atoms with Gasteiger partial charge in [0.05, 0.1) is 13.7 Å². The summed E-state index contributed by atoms with van der Waals surface area (Å²) in [6.45, 7) is 4.44. The highest BCUT2D eigenvalue weighted by atomic mass is 127. The van der Waals surface area contributed by atoms with Crippen molar-refractivity contribution in [3.63, 3.8) is 0 Å². The Morgan fingerprint density at radius 2 is 1.93 bits per heavy atom. The Hall–Kier alpha value is -2.29. The molecule has 0 spiro atoms. The molecule has 0 aliphatic carbocycles. The van der Waals surface area contributed by atoms with Crippen LogP contribution in [-0.4, -0.2) is 50.6 Å². The number of ether oxygens (including phenoxy) is 1. The summed E-state index contributed by atoms with van der Waals surface area (Å²) < 4.78 is 5.43. The number of aryl methyl sites for hydroxylation is 1. The van der Waals surface area contributed by atoms with Crippen molar-refractivity contribution in [3.8, 4) is 5.75 Å². The molecule has 0 atom stereocenters. The number of nitrogens with zero attached hydrogens (tertiary/aromatic N) is 2. The predicted octanol–water partition coefficient (Wildman–Crippen LogP) is 2.91. The average molecular weight is 522 g/mol. The van der Waals surface area contributed by atoms with Gasteiger partial charge in [0, 0.05) is 26.7 Å². The zero-order chi connectivity index (χ0) is 20.6. The van der Waals surface area contributed by atoms with Gasteiger partial charge in [-0.25, -0.2) is 0 Å². The number of methoxy groups -OCH3 is 1. The number of nitrogens with one attached hydrogen (secondary N) is 2. The summed E-state index contributed by atoms with van der Waals surface area (Å²) in [5, 5.41) is 6.41. The molecule has 0 aromatic heterocycles. The monoisotopic (exact) mass is 522 g/mol. The Labute approximate surface area is 196 Å². The topological polar surface area (TPSA) is 66.0 Å². The first-order chi connectivity index (χ1) is 14.1. The van der Waals surface area contributed by atoms with E-state index in [2.05, 4.69) is 46.8 Å². The van der Waals surface area contributed by atoms with Crippen LogP contribution in [0.25, 0.3) is 0 Å². The zero-order valence-corrected chi connectivity index (χ0v) is 20.2. The highest BCUT2D eigenvalue weighted by Crippen LogP contribution is 2.20. The summed E-state index contributed by atoms with van der Waals surface area (Å²) in [5.74, 6) is 1.60. The van der Waals surface area contributed by atoms with Crippen LogP contribution in [0.1, 0.15) is 22.3 Å². The molecule has 162 valence electrons. The van der Waals surface area contributed by atoms with Gasteiger partial charge < -0.3 is 20.3 Å². The molecule has 7 heteroatoms. The SMILES string of the molecule is CN=C(NCCc1cc(C)ccc1OC)NCC(=O)N1CCc2ccccc2C1.I. The summed E-state index contributed by atoms with van der Waals surface area (Å²) in [6.07, 6.45) is 1.72.